The minimum atomic E-state index is 0.282. The fourth-order valence-corrected chi connectivity index (χ4v) is 1.18. The van der Waals surface area contributed by atoms with Gasteiger partial charge in [0.2, 0.25) is 0 Å². The lowest BCUT2D eigenvalue weighted by molar-refractivity contribution is -0.121. The van der Waals surface area contributed by atoms with Gasteiger partial charge in [0.05, 0.1) is 0 Å². The lowest BCUT2D eigenvalue weighted by atomic mass is 9.79. The molecule has 0 aromatic rings. The maximum absolute atomic E-state index is 11.5. The smallest absolute Gasteiger partial charge is 0.136 e. The molecule has 0 spiro atoms. The highest BCUT2D eigenvalue weighted by molar-refractivity contribution is 5.83. The molecule has 0 saturated heterocycles. The van der Waals surface area contributed by atoms with Crippen molar-refractivity contribution in [1.82, 2.24) is 0 Å². The summed E-state index contributed by atoms with van der Waals surface area (Å²) in [4.78, 5) is 11.5. The Morgan fingerprint density at radius 3 is 2.25 bits per heavy atom. The molecule has 0 radical (unpaired) electrons. The molecule has 1 unspecified atom stereocenters. The van der Waals surface area contributed by atoms with Gasteiger partial charge in [0.15, 0.2) is 0 Å². The number of rotatable bonds is 3. The van der Waals surface area contributed by atoms with E-state index in [9.17, 15) is 4.79 Å². The normalized spacial score (nSPS) is 20.7. The van der Waals surface area contributed by atoms with Crippen molar-refractivity contribution in [2.24, 2.45) is 17.3 Å². The summed E-state index contributed by atoms with van der Waals surface area (Å²) in [6, 6.07) is 0. The van der Waals surface area contributed by atoms with Crippen molar-refractivity contribution in [3.05, 3.63) is 0 Å². The zero-order valence-corrected chi connectivity index (χ0v) is 8.68. The van der Waals surface area contributed by atoms with Gasteiger partial charge in [0, 0.05) is 12.3 Å². The molecular weight excluding hydrogens is 148 g/mol. The van der Waals surface area contributed by atoms with E-state index in [1.807, 2.05) is 0 Å². The lowest BCUT2D eigenvalue weighted by Crippen LogP contribution is -2.21. The summed E-state index contributed by atoms with van der Waals surface area (Å²) in [6.45, 7) is 8.80. The topological polar surface area (TPSA) is 17.1 Å². The van der Waals surface area contributed by atoms with E-state index in [-0.39, 0.29) is 5.41 Å². The van der Waals surface area contributed by atoms with Crippen molar-refractivity contribution in [1.29, 1.82) is 0 Å². The second kappa shape index (κ2) is 3.20. The maximum atomic E-state index is 11.5. The standard InChI is InChI=1S/C11H20O/c1-8(11(2,3)4)7-10(12)9-5-6-9/h8-9H,5-7H2,1-4H3. The summed E-state index contributed by atoms with van der Waals surface area (Å²) in [5, 5.41) is 0. The molecule has 0 aromatic carbocycles. The quantitative estimate of drug-likeness (QED) is 0.633. The third-order valence-electron chi connectivity index (χ3n) is 3.02. The molecule has 0 bridgehead atoms. The molecule has 1 aliphatic rings. The number of ketones is 1. The molecule has 70 valence electrons. The van der Waals surface area contributed by atoms with Gasteiger partial charge < -0.3 is 0 Å². The highest BCUT2D eigenvalue weighted by Gasteiger charge is 2.32. The van der Waals surface area contributed by atoms with Crippen LogP contribution in [0.15, 0.2) is 0 Å². The van der Waals surface area contributed by atoms with E-state index in [1.54, 1.807) is 0 Å². The Hall–Kier alpha value is -0.330. The summed E-state index contributed by atoms with van der Waals surface area (Å²) in [5.41, 5.74) is 0.282. The first-order chi connectivity index (χ1) is 5.41. The number of carbonyl (C=O) groups excluding carboxylic acids is 1. The van der Waals surface area contributed by atoms with Crippen molar-refractivity contribution < 1.29 is 4.79 Å². The van der Waals surface area contributed by atoms with Gasteiger partial charge in [-0.3, -0.25) is 4.79 Å². The largest absolute Gasteiger partial charge is 0.299 e. The zero-order chi connectivity index (χ0) is 9.35. The van der Waals surface area contributed by atoms with Gasteiger partial charge in [-0.2, -0.15) is 0 Å². The summed E-state index contributed by atoms with van der Waals surface area (Å²) in [6.07, 6.45) is 3.08. The van der Waals surface area contributed by atoms with Crippen molar-refractivity contribution in [2.45, 2.75) is 47.0 Å². The van der Waals surface area contributed by atoms with Crippen LogP contribution in [0.3, 0.4) is 0 Å². The molecule has 0 amide bonds. The van der Waals surface area contributed by atoms with Crippen LogP contribution in [0.4, 0.5) is 0 Å². The third-order valence-corrected chi connectivity index (χ3v) is 3.02. The molecule has 1 fully saturated rings. The van der Waals surface area contributed by atoms with Gasteiger partial charge in [-0.1, -0.05) is 27.7 Å². The SMILES string of the molecule is CC(CC(=O)C1CC1)C(C)(C)C. The summed E-state index contributed by atoms with van der Waals surface area (Å²) >= 11 is 0. The van der Waals surface area contributed by atoms with Crippen molar-refractivity contribution in [2.75, 3.05) is 0 Å². The molecule has 1 atom stereocenters. The molecule has 1 saturated carbocycles. The van der Waals surface area contributed by atoms with Crippen LogP contribution in [0.5, 0.6) is 0 Å². The summed E-state index contributed by atoms with van der Waals surface area (Å²) in [5.74, 6) is 1.46. The van der Waals surface area contributed by atoms with Gasteiger partial charge in [0.1, 0.15) is 5.78 Å². The Bertz CT molecular complexity index is 172. The van der Waals surface area contributed by atoms with Crippen LogP contribution < -0.4 is 0 Å². The Kier molecular flexibility index (Phi) is 2.60. The van der Waals surface area contributed by atoms with Crippen LogP contribution in [0.1, 0.15) is 47.0 Å². The fourth-order valence-electron chi connectivity index (χ4n) is 1.18. The van der Waals surface area contributed by atoms with E-state index in [0.29, 0.717) is 17.6 Å². The highest BCUT2D eigenvalue weighted by atomic mass is 16.1. The van der Waals surface area contributed by atoms with E-state index < -0.39 is 0 Å². The minimum Gasteiger partial charge on any atom is -0.299 e. The third kappa shape index (κ3) is 2.62. The minimum absolute atomic E-state index is 0.282. The molecule has 12 heavy (non-hydrogen) atoms. The Morgan fingerprint density at radius 2 is 1.92 bits per heavy atom. The predicted molar refractivity (Wildman–Crippen MR) is 51.0 cm³/mol. The average Bonchev–Trinajstić information content (AvgIpc) is 2.65. The van der Waals surface area contributed by atoms with Crippen LogP contribution in [-0.4, -0.2) is 5.78 Å². The predicted octanol–water partition coefficient (Wildman–Crippen LogP) is 3.04. The molecule has 0 N–H and O–H groups in total. The van der Waals surface area contributed by atoms with E-state index >= 15 is 0 Å². The molecule has 1 heteroatoms. The lowest BCUT2D eigenvalue weighted by Gasteiger charge is -2.26. The van der Waals surface area contributed by atoms with Gasteiger partial charge in [0.25, 0.3) is 0 Å². The number of hydrogen-bond acceptors (Lipinski definition) is 1. The molecular formula is C11H20O. The number of hydrogen-bond donors (Lipinski definition) is 0. The first kappa shape index (κ1) is 9.76. The molecule has 0 aromatic heterocycles. The van der Waals surface area contributed by atoms with Gasteiger partial charge >= 0.3 is 0 Å². The summed E-state index contributed by atoms with van der Waals surface area (Å²) in [7, 11) is 0. The van der Waals surface area contributed by atoms with Crippen LogP contribution in [0.25, 0.3) is 0 Å². The molecule has 1 rings (SSSR count). The molecule has 1 aliphatic carbocycles. The maximum Gasteiger partial charge on any atom is 0.136 e. The summed E-state index contributed by atoms with van der Waals surface area (Å²) < 4.78 is 0. The second-order valence-electron chi connectivity index (χ2n) is 5.21. The molecule has 0 heterocycles. The average molecular weight is 168 g/mol. The van der Waals surface area contributed by atoms with Crippen LogP contribution >= 0.6 is 0 Å². The van der Waals surface area contributed by atoms with E-state index in [2.05, 4.69) is 27.7 Å². The van der Waals surface area contributed by atoms with E-state index in [1.165, 1.54) is 0 Å². The van der Waals surface area contributed by atoms with E-state index in [0.717, 1.165) is 19.3 Å². The Labute approximate surface area is 75.5 Å². The van der Waals surface area contributed by atoms with Crippen molar-refractivity contribution in [3.8, 4) is 0 Å². The van der Waals surface area contributed by atoms with Crippen LogP contribution in [-0.2, 0) is 4.79 Å². The highest BCUT2D eigenvalue weighted by Crippen LogP contribution is 2.35. The van der Waals surface area contributed by atoms with Gasteiger partial charge in [-0.25, -0.2) is 0 Å². The first-order valence-electron chi connectivity index (χ1n) is 4.94. The van der Waals surface area contributed by atoms with Crippen molar-refractivity contribution >= 4 is 5.78 Å². The van der Waals surface area contributed by atoms with E-state index in [4.69, 9.17) is 0 Å². The zero-order valence-electron chi connectivity index (χ0n) is 8.68. The number of Topliss-reactive ketones (excluding diaryl/α,β-unsaturated/α-hetero) is 1. The van der Waals surface area contributed by atoms with Gasteiger partial charge in [-0.05, 0) is 24.2 Å². The van der Waals surface area contributed by atoms with Crippen LogP contribution in [0, 0.1) is 17.3 Å². The Balaban J connectivity index is 2.34. The monoisotopic (exact) mass is 168 g/mol. The second-order valence-corrected chi connectivity index (χ2v) is 5.21. The van der Waals surface area contributed by atoms with Crippen LogP contribution in [0.2, 0.25) is 0 Å². The number of carbonyl (C=O) groups is 1. The first-order valence-corrected chi connectivity index (χ1v) is 4.94. The van der Waals surface area contributed by atoms with Crippen molar-refractivity contribution in [3.63, 3.8) is 0 Å². The van der Waals surface area contributed by atoms with Gasteiger partial charge in [-0.15, -0.1) is 0 Å². The molecule has 1 nitrogen and oxygen atoms in total. The fraction of sp³-hybridized carbons (Fsp3) is 0.909. The Morgan fingerprint density at radius 1 is 1.42 bits per heavy atom. The molecule has 0 aliphatic heterocycles.